The molecule has 0 aromatic heterocycles. The van der Waals surface area contributed by atoms with Crippen molar-refractivity contribution in [1.29, 1.82) is 0 Å². The lowest BCUT2D eigenvalue weighted by atomic mass is 9.97. The zero-order valence-electron chi connectivity index (χ0n) is 10.8. The van der Waals surface area contributed by atoms with Crippen molar-refractivity contribution in [2.75, 3.05) is 6.54 Å². The Balaban J connectivity index is 2.56. The van der Waals surface area contributed by atoms with E-state index in [9.17, 15) is 13.2 Å². The lowest BCUT2D eigenvalue weighted by molar-refractivity contribution is 0.508. The van der Waals surface area contributed by atoms with E-state index in [0.717, 1.165) is 0 Å². The third kappa shape index (κ3) is 3.22. The summed E-state index contributed by atoms with van der Waals surface area (Å²) in [6, 6.07) is 7.15. The summed E-state index contributed by atoms with van der Waals surface area (Å²) in [6.07, 6.45) is 0. The van der Waals surface area contributed by atoms with Gasteiger partial charge in [-0.05, 0) is 42.4 Å². The molecule has 106 valence electrons. The first-order chi connectivity index (χ1) is 9.52. The van der Waals surface area contributed by atoms with E-state index in [2.05, 4.69) is 21.2 Å². The summed E-state index contributed by atoms with van der Waals surface area (Å²) in [5.41, 5.74) is 0.356. The fraction of sp³-hybridized carbons (Fsp3) is 0.200. The largest absolute Gasteiger partial charge is 0.306 e. The van der Waals surface area contributed by atoms with Crippen LogP contribution in [0.25, 0.3) is 0 Å². The van der Waals surface area contributed by atoms with Crippen LogP contribution < -0.4 is 5.32 Å². The van der Waals surface area contributed by atoms with Crippen LogP contribution in [0.3, 0.4) is 0 Å². The van der Waals surface area contributed by atoms with E-state index < -0.39 is 23.5 Å². The Kier molecular flexibility index (Phi) is 4.83. The van der Waals surface area contributed by atoms with Gasteiger partial charge in [-0.15, -0.1) is 0 Å². The van der Waals surface area contributed by atoms with Crippen molar-refractivity contribution in [3.63, 3.8) is 0 Å². The molecule has 0 radical (unpaired) electrons. The van der Waals surface area contributed by atoms with Crippen LogP contribution in [0.15, 0.2) is 40.9 Å². The van der Waals surface area contributed by atoms with Crippen LogP contribution in [0.5, 0.6) is 0 Å². The molecule has 1 atom stereocenters. The molecule has 0 aliphatic carbocycles. The summed E-state index contributed by atoms with van der Waals surface area (Å²) in [4.78, 5) is 0. The highest BCUT2D eigenvalue weighted by molar-refractivity contribution is 9.10. The highest BCUT2D eigenvalue weighted by Gasteiger charge is 2.21. The maximum absolute atomic E-state index is 13.9. The van der Waals surface area contributed by atoms with E-state index in [1.165, 1.54) is 30.3 Å². The van der Waals surface area contributed by atoms with Gasteiger partial charge in [-0.3, -0.25) is 0 Å². The molecule has 0 heterocycles. The van der Waals surface area contributed by atoms with Crippen LogP contribution in [0.4, 0.5) is 13.2 Å². The van der Waals surface area contributed by atoms with Gasteiger partial charge in [-0.25, -0.2) is 13.2 Å². The molecule has 20 heavy (non-hydrogen) atoms. The number of nitrogens with one attached hydrogen (secondary N) is 1. The number of halogens is 4. The zero-order chi connectivity index (χ0) is 14.7. The summed E-state index contributed by atoms with van der Waals surface area (Å²) in [6.45, 7) is 2.31. The Hall–Kier alpha value is -1.33. The quantitative estimate of drug-likeness (QED) is 0.857. The minimum Gasteiger partial charge on any atom is -0.306 e. The predicted molar refractivity (Wildman–Crippen MR) is 76.0 cm³/mol. The van der Waals surface area contributed by atoms with E-state index >= 15 is 0 Å². The van der Waals surface area contributed by atoms with Crippen LogP contribution in [-0.2, 0) is 0 Å². The minimum absolute atomic E-state index is 0.105. The molecule has 0 bridgehead atoms. The number of hydrogen-bond acceptors (Lipinski definition) is 1. The minimum atomic E-state index is -0.742. The van der Waals surface area contributed by atoms with Crippen LogP contribution in [0.1, 0.15) is 24.1 Å². The second-order valence-electron chi connectivity index (χ2n) is 4.33. The highest BCUT2D eigenvalue weighted by Crippen LogP contribution is 2.29. The molecule has 0 fully saturated rings. The third-order valence-electron chi connectivity index (χ3n) is 2.91. The standard InChI is InChI=1S/C15H13BrF3N/c1-2-20-15(9-6-10(16)8-11(17)7-9)14-12(18)4-3-5-13(14)19/h3-8,15,20H,2H2,1H3. The number of rotatable bonds is 4. The van der Waals surface area contributed by atoms with Crippen molar-refractivity contribution >= 4 is 15.9 Å². The van der Waals surface area contributed by atoms with Gasteiger partial charge in [0.05, 0.1) is 6.04 Å². The van der Waals surface area contributed by atoms with Crippen molar-refractivity contribution in [2.45, 2.75) is 13.0 Å². The van der Waals surface area contributed by atoms with Crippen LogP contribution in [0.2, 0.25) is 0 Å². The molecule has 0 spiro atoms. The molecule has 5 heteroatoms. The Morgan fingerprint density at radius 3 is 2.30 bits per heavy atom. The van der Waals surface area contributed by atoms with Crippen molar-refractivity contribution < 1.29 is 13.2 Å². The molecule has 0 saturated carbocycles. The van der Waals surface area contributed by atoms with Crippen molar-refractivity contribution in [2.24, 2.45) is 0 Å². The molecule has 0 saturated heterocycles. The summed E-state index contributed by atoms with van der Waals surface area (Å²) >= 11 is 3.19. The van der Waals surface area contributed by atoms with E-state index in [4.69, 9.17) is 0 Å². The molecule has 2 aromatic carbocycles. The summed E-state index contributed by atoms with van der Waals surface area (Å²) in [5.74, 6) is -1.78. The number of hydrogen-bond donors (Lipinski definition) is 1. The van der Waals surface area contributed by atoms with E-state index in [0.29, 0.717) is 16.6 Å². The van der Waals surface area contributed by atoms with Gasteiger partial charge in [0.2, 0.25) is 0 Å². The molecular weight excluding hydrogens is 331 g/mol. The Bertz CT molecular complexity index is 576. The lowest BCUT2D eigenvalue weighted by Crippen LogP contribution is -2.24. The smallest absolute Gasteiger partial charge is 0.131 e. The maximum Gasteiger partial charge on any atom is 0.131 e. The predicted octanol–water partition coefficient (Wildman–Crippen LogP) is 4.57. The average molecular weight is 344 g/mol. The zero-order valence-corrected chi connectivity index (χ0v) is 12.3. The molecule has 0 amide bonds. The Labute approximate surface area is 123 Å². The van der Waals surface area contributed by atoms with Gasteiger partial charge in [0.25, 0.3) is 0 Å². The molecule has 0 aliphatic rings. The van der Waals surface area contributed by atoms with Crippen LogP contribution in [-0.4, -0.2) is 6.54 Å². The Morgan fingerprint density at radius 1 is 1.10 bits per heavy atom. The van der Waals surface area contributed by atoms with E-state index in [-0.39, 0.29) is 5.56 Å². The molecule has 2 aromatic rings. The first-order valence-corrected chi connectivity index (χ1v) is 6.95. The summed E-state index contributed by atoms with van der Waals surface area (Å²) < 4.78 is 41.9. The fourth-order valence-electron chi connectivity index (χ4n) is 2.12. The Morgan fingerprint density at radius 2 is 1.75 bits per heavy atom. The highest BCUT2D eigenvalue weighted by atomic mass is 79.9. The fourth-order valence-corrected chi connectivity index (χ4v) is 2.60. The van der Waals surface area contributed by atoms with Gasteiger partial charge in [-0.2, -0.15) is 0 Å². The van der Waals surface area contributed by atoms with Gasteiger partial charge in [0.1, 0.15) is 17.5 Å². The van der Waals surface area contributed by atoms with Crippen molar-refractivity contribution in [1.82, 2.24) is 5.32 Å². The molecule has 1 N–H and O–H groups in total. The summed E-state index contributed by atoms with van der Waals surface area (Å²) in [7, 11) is 0. The van der Waals surface area contributed by atoms with Crippen LogP contribution in [0, 0.1) is 17.5 Å². The van der Waals surface area contributed by atoms with Crippen molar-refractivity contribution in [3.05, 3.63) is 69.4 Å². The molecule has 1 unspecified atom stereocenters. The van der Waals surface area contributed by atoms with Gasteiger partial charge in [0.15, 0.2) is 0 Å². The molecule has 1 nitrogen and oxygen atoms in total. The second kappa shape index (κ2) is 6.41. The van der Waals surface area contributed by atoms with E-state index in [1.807, 2.05) is 6.92 Å². The first kappa shape index (κ1) is 15.1. The molecule has 2 rings (SSSR count). The molecule has 0 aliphatic heterocycles. The third-order valence-corrected chi connectivity index (χ3v) is 3.37. The first-order valence-electron chi connectivity index (χ1n) is 6.16. The van der Waals surface area contributed by atoms with Gasteiger partial charge in [0, 0.05) is 10.0 Å². The normalized spacial score (nSPS) is 12.4. The van der Waals surface area contributed by atoms with Gasteiger partial charge < -0.3 is 5.32 Å². The molecular formula is C15H13BrF3N. The summed E-state index contributed by atoms with van der Waals surface area (Å²) in [5, 5.41) is 2.98. The maximum atomic E-state index is 13.9. The van der Waals surface area contributed by atoms with Crippen molar-refractivity contribution in [3.8, 4) is 0 Å². The number of benzene rings is 2. The monoisotopic (exact) mass is 343 g/mol. The second-order valence-corrected chi connectivity index (χ2v) is 5.24. The van der Waals surface area contributed by atoms with Crippen LogP contribution >= 0.6 is 15.9 Å². The van der Waals surface area contributed by atoms with E-state index in [1.54, 1.807) is 6.07 Å². The van der Waals surface area contributed by atoms with Gasteiger partial charge in [-0.1, -0.05) is 28.9 Å². The SMILES string of the molecule is CCNC(c1cc(F)cc(Br)c1)c1c(F)cccc1F. The topological polar surface area (TPSA) is 12.0 Å². The average Bonchev–Trinajstić information content (AvgIpc) is 2.36. The lowest BCUT2D eigenvalue weighted by Gasteiger charge is -2.20. The van der Waals surface area contributed by atoms with Gasteiger partial charge >= 0.3 is 0 Å².